The second-order valence-corrected chi connectivity index (χ2v) is 25.6. The molecule has 27 nitrogen and oxygen atoms in total. The molecule has 4 aliphatic heterocycles. The summed E-state index contributed by atoms with van der Waals surface area (Å²) in [6.45, 7) is 10.7. The number of benzene rings is 7. The number of hydrogen-bond donors (Lipinski definition) is 13. The average Bonchev–Trinajstić information content (AvgIpc) is 1.38. The number of primary amides is 2. The van der Waals surface area contributed by atoms with Gasteiger partial charge in [0, 0.05) is 50.2 Å². The number of aliphatic hydroxyl groups excluding tert-OH is 3. The van der Waals surface area contributed by atoms with Gasteiger partial charge in [0.2, 0.25) is 0 Å². The van der Waals surface area contributed by atoms with E-state index in [1.807, 2.05) is 95.5 Å². The molecule has 0 spiro atoms. The van der Waals surface area contributed by atoms with Crippen molar-refractivity contribution in [1.29, 1.82) is 0 Å². The van der Waals surface area contributed by atoms with Crippen molar-refractivity contribution < 1.29 is 84.1 Å². The topological polar surface area (TPSA) is 418 Å². The number of rotatable bonds is 20. The van der Waals surface area contributed by atoms with Gasteiger partial charge < -0.3 is 97.1 Å². The molecule has 11 rings (SSSR count). The fourth-order valence-electron chi connectivity index (χ4n) is 9.88. The number of hydrogen-bond acceptors (Lipinski definition) is 25. The van der Waals surface area contributed by atoms with E-state index in [1.54, 1.807) is 19.2 Å². The fraction of sp³-hybridized carbons (Fsp3) is 0.371. The van der Waals surface area contributed by atoms with E-state index in [0.717, 1.165) is 24.8 Å². The van der Waals surface area contributed by atoms with Crippen molar-refractivity contribution in [2.24, 2.45) is 16.9 Å². The number of anilines is 2. The summed E-state index contributed by atoms with van der Waals surface area (Å²) in [7, 11) is 3.57. The Labute approximate surface area is 595 Å². The number of amides is 2. The van der Waals surface area contributed by atoms with Crippen LogP contribution >= 0.6 is 35.9 Å². The van der Waals surface area contributed by atoms with Crippen LogP contribution in [0.15, 0.2) is 183 Å². The smallest absolute Gasteiger partial charge is 0.404 e. The lowest BCUT2D eigenvalue weighted by Gasteiger charge is -2.27. The molecule has 100 heavy (non-hydrogen) atoms. The summed E-state index contributed by atoms with van der Waals surface area (Å²) < 4.78 is 19.6. The van der Waals surface area contributed by atoms with Gasteiger partial charge in [0.1, 0.15) is 25.4 Å². The molecule has 7 aromatic rings. The number of aromatic hydroxyl groups is 4. The number of halogens is 1. The summed E-state index contributed by atoms with van der Waals surface area (Å²) in [6.07, 6.45) is -3.86. The number of para-hydroxylation sites is 2. The molecule has 7 aromatic carbocycles. The second kappa shape index (κ2) is 43.0. The first-order valence-corrected chi connectivity index (χ1v) is 33.2. The highest BCUT2D eigenvalue weighted by Gasteiger charge is 2.51. The molecule has 0 saturated carbocycles. The van der Waals surface area contributed by atoms with Gasteiger partial charge in [-0.25, -0.2) is 9.59 Å². The molecule has 0 bridgehead atoms. The maximum atomic E-state index is 10.5. The van der Waals surface area contributed by atoms with Crippen molar-refractivity contribution in [1.82, 2.24) is 16.0 Å². The summed E-state index contributed by atoms with van der Waals surface area (Å²) in [5, 5.41) is 96.1. The molecule has 4 aliphatic rings. The van der Waals surface area contributed by atoms with Crippen LogP contribution in [-0.2, 0) is 35.0 Å². The number of nitrogens with one attached hydrogen (secondary N) is 4. The summed E-state index contributed by atoms with van der Waals surface area (Å²) >= 11 is 3.70. The lowest BCUT2D eigenvalue weighted by molar-refractivity contribution is -0.769. The number of aliphatic hydroxyl groups is 3. The quantitative estimate of drug-likeness (QED) is 0.0191. The third-order valence-electron chi connectivity index (χ3n) is 15.1. The molecule has 4 heterocycles. The summed E-state index contributed by atoms with van der Waals surface area (Å²) in [6, 6.07) is 52.7. The summed E-state index contributed by atoms with van der Waals surface area (Å²) in [5.74, 6) is -0.785. The van der Waals surface area contributed by atoms with Crippen molar-refractivity contribution in [2.45, 2.75) is 128 Å². The lowest BCUT2D eigenvalue weighted by Crippen LogP contribution is -2.35. The second-order valence-electron chi connectivity index (χ2n) is 23.4. The summed E-state index contributed by atoms with van der Waals surface area (Å²) in [5.41, 5.74) is 16.7. The van der Waals surface area contributed by atoms with Gasteiger partial charge in [0.25, 0.3) is 10.2 Å². The van der Waals surface area contributed by atoms with Crippen LogP contribution in [0.3, 0.4) is 0 Å². The number of likely N-dealkylation sites (N-methyl/N-ethyl adjacent to an activating group) is 2. The van der Waals surface area contributed by atoms with E-state index in [-0.39, 0.29) is 67.9 Å². The average molecular weight is 1450 g/mol. The van der Waals surface area contributed by atoms with Crippen molar-refractivity contribution in [2.75, 3.05) is 58.9 Å². The molecule has 1 unspecified atom stereocenters. The zero-order valence-corrected chi connectivity index (χ0v) is 58.9. The Morgan fingerprint density at radius 1 is 0.610 bits per heavy atom. The number of carbonyl (C=O) groups is 2. The number of phenols is 4. The Bertz CT molecular complexity index is 3340. The first-order valence-electron chi connectivity index (χ1n) is 31.6. The Morgan fingerprint density at radius 3 is 1.42 bits per heavy atom. The largest absolute Gasteiger partial charge is 0.504 e. The van der Waals surface area contributed by atoms with Crippen molar-refractivity contribution in [3.8, 4) is 23.0 Å². The van der Waals surface area contributed by atoms with Crippen LogP contribution in [0.4, 0.5) is 21.0 Å². The van der Waals surface area contributed by atoms with E-state index in [0.29, 0.717) is 30.3 Å². The van der Waals surface area contributed by atoms with Crippen LogP contribution in [0.5, 0.6) is 23.0 Å². The van der Waals surface area contributed by atoms with Crippen LogP contribution < -0.4 is 32.7 Å². The van der Waals surface area contributed by atoms with Crippen LogP contribution in [0.2, 0.25) is 0 Å². The molecule has 15 N–H and O–H groups in total. The zero-order chi connectivity index (χ0) is 72.6. The monoisotopic (exact) mass is 1450 g/mol. The van der Waals surface area contributed by atoms with Crippen molar-refractivity contribution in [3.63, 3.8) is 0 Å². The number of nitrogens with zero attached hydrogens (tertiary/aromatic N) is 2. The fourth-order valence-corrected chi connectivity index (χ4v) is 11.9. The highest BCUT2D eigenvalue weighted by atomic mass is 35.5. The SMILES string of the molecule is CC(C)NCC(O)c1ccc(O)c(O)c1.CCCC(C)(COC(N)=O)COC(N)=O.CNC[C@H](O)c1ccc(O)c(O)c1.CN[C@@H](C)[C@H](O)c1ccccc1.Cl.O=[N+]([O-])O[C@H]1CO[C@H]2[C@@H]1OC[C@H]2O[N+](=O)[O-].c1ccc2c(c1)Cc1ccccc1S2.c1ccc2c(c1)Nc1ccccc1S2. The van der Waals surface area contributed by atoms with Gasteiger partial charge >= 0.3 is 12.2 Å². The molecular weight excluding hydrogens is 1360 g/mol. The van der Waals surface area contributed by atoms with Gasteiger partial charge in [0.15, 0.2) is 35.2 Å². The van der Waals surface area contributed by atoms with Crippen LogP contribution in [-0.4, -0.2) is 148 Å². The van der Waals surface area contributed by atoms with Crippen LogP contribution in [0.1, 0.15) is 93.6 Å². The predicted molar refractivity (Wildman–Crippen MR) is 381 cm³/mol. The number of fused-ring (bicyclic) bond motifs is 5. The third-order valence-corrected chi connectivity index (χ3v) is 17.5. The van der Waals surface area contributed by atoms with E-state index in [1.165, 1.54) is 66.3 Å². The first-order chi connectivity index (χ1) is 47.2. The van der Waals surface area contributed by atoms with Gasteiger partial charge in [-0.05, 0) is 122 Å². The third kappa shape index (κ3) is 28.1. The molecule has 2 amide bonds. The Hall–Kier alpha value is -8.85. The molecule has 0 aromatic heterocycles. The molecule has 30 heteroatoms. The van der Waals surface area contributed by atoms with Gasteiger partial charge in [-0.15, -0.1) is 32.6 Å². The molecule has 0 aliphatic carbocycles. The van der Waals surface area contributed by atoms with E-state index in [9.17, 15) is 50.2 Å². The normalized spacial score (nSPS) is 16.6. The highest BCUT2D eigenvalue weighted by Crippen LogP contribution is 2.44. The van der Waals surface area contributed by atoms with Crippen LogP contribution in [0.25, 0.3) is 0 Å². The number of ether oxygens (including phenoxy) is 4. The minimum Gasteiger partial charge on any atom is -0.504 e. The maximum absolute atomic E-state index is 10.5. The minimum absolute atomic E-state index is 0. The molecule has 2 saturated heterocycles. The number of carbonyl (C=O) groups excluding carboxylic acids is 2. The molecular formula is C70H91ClN8O19S2. The zero-order valence-electron chi connectivity index (χ0n) is 56.5. The number of nitrogens with two attached hydrogens (primary N) is 2. The molecule has 8 atom stereocenters. The minimum atomic E-state index is -0.943. The maximum Gasteiger partial charge on any atom is 0.404 e. The lowest BCUT2D eigenvalue weighted by atomic mass is 9.87. The predicted octanol–water partition coefficient (Wildman–Crippen LogP) is 10.8. The van der Waals surface area contributed by atoms with Gasteiger partial charge in [0.05, 0.1) is 42.9 Å². The van der Waals surface area contributed by atoms with Gasteiger partial charge in [-0.3, -0.25) is 0 Å². The van der Waals surface area contributed by atoms with E-state index in [2.05, 4.69) is 128 Å². The highest BCUT2D eigenvalue weighted by molar-refractivity contribution is 8.00. The number of phenolic OH excluding ortho intramolecular Hbond substituents is 4. The standard InChI is InChI=1S/C13H10S.C12H9NS.C11H17NO3.C10H15NO.C9H18N2O4.C9H13NO3.C6H8N2O8.ClH/c1-3-7-12-10(5-1)9-11-6-2-4-8-13(11)14-12;1-3-7-11-9(5-1)13-10-6-2-4-8-12(10)14-11;1-7(2)12-6-11(15)8-3-4-9(13)10(14)5-8;1-8(11-2)10(12)9-6-4-3-5-7-9;1-3-4-9(2,5-14-7(10)12)6-15-8(11)13;1-10-5-9(13)6-2-3-7(11)8(12)4-6;9-7(10)15-3-1-13-6-4(16-8(11)12)2-14-5(3)6;/h1-8H,9H2;1-8,13H;3-5,7,11-15H,6H2,1-2H3;3-8,10-12H,1-2H3;3-6H2,1-2H3,(H2,10,12)(H2,11,13);2-4,9-13H,5H2,1H3;3-6H,1-2H2;1H/t;;;8-,10-;;9-;3-,4+,5-,6-;/m...0.01./s1. The summed E-state index contributed by atoms with van der Waals surface area (Å²) in [4.78, 5) is 55.2. The Morgan fingerprint density at radius 2 is 1.02 bits per heavy atom. The van der Waals surface area contributed by atoms with Gasteiger partial charge in [-0.2, -0.15) is 0 Å². The van der Waals surface area contributed by atoms with E-state index >= 15 is 0 Å². The van der Waals surface area contributed by atoms with Gasteiger partial charge in [-0.1, -0.05) is 161 Å². The van der Waals surface area contributed by atoms with Crippen molar-refractivity contribution in [3.05, 3.63) is 212 Å². The Kier molecular flexibility index (Phi) is 35.9. The first kappa shape index (κ1) is 83.6. The Balaban J connectivity index is 0.000000247. The van der Waals surface area contributed by atoms with Crippen LogP contribution in [0, 0.1) is 25.6 Å². The van der Waals surface area contributed by atoms with Crippen molar-refractivity contribution >= 4 is 59.5 Å². The van der Waals surface area contributed by atoms with E-state index in [4.69, 9.17) is 45.7 Å². The molecule has 2 fully saturated rings. The molecule has 0 radical (unpaired) electrons. The van der Waals surface area contributed by atoms with E-state index < -0.39 is 70.5 Å². The molecule has 544 valence electrons.